The third-order valence-electron chi connectivity index (χ3n) is 3.89. The number of rotatable bonds is 5. The van der Waals surface area contributed by atoms with E-state index in [1.807, 2.05) is 0 Å². The molecule has 2 atom stereocenters. The van der Waals surface area contributed by atoms with Crippen molar-refractivity contribution in [3.05, 3.63) is 30.4 Å². The van der Waals surface area contributed by atoms with Gasteiger partial charge >= 0.3 is 12.0 Å². The Morgan fingerprint density at radius 1 is 1.22 bits per heavy atom. The Kier molecular flexibility index (Phi) is 6.29. The molecule has 0 bridgehead atoms. The van der Waals surface area contributed by atoms with E-state index < -0.39 is 23.3 Å². The fraction of sp³-hybridized carbons (Fsp3) is 0.312. The number of carbonyl (C=O) groups excluding carboxylic acids is 1. The summed E-state index contributed by atoms with van der Waals surface area (Å²) in [7, 11) is 2.78. The Labute approximate surface area is 158 Å². The van der Waals surface area contributed by atoms with Gasteiger partial charge in [0, 0.05) is 0 Å². The standard InChI is InChI=1S/C16H18N4O6S/c1-16(7-5-4-6-9(16)12(21)22)13(27-24)19-15(23)20-14-17-10(25-2)8-11(18-14)26-3/h4-9H,1-3H3,(H,21,22)(H2,17,18,19,20,23). The summed E-state index contributed by atoms with van der Waals surface area (Å²) in [4.78, 5) is 31.6. The molecule has 11 heteroatoms. The van der Waals surface area contributed by atoms with Gasteiger partial charge in [-0.2, -0.15) is 9.97 Å². The molecule has 0 saturated carbocycles. The molecule has 144 valence electrons. The lowest BCUT2D eigenvalue weighted by molar-refractivity contribution is -0.141. The van der Waals surface area contributed by atoms with Crippen LogP contribution in [0.5, 0.6) is 11.8 Å². The zero-order valence-corrected chi connectivity index (χ0v) is 15.6. The van der Waals surface area contributed by atoms with Crippen molar-refractivity contribution < 1.29 is 28.4 Å². The molecule has 3 N–H and O–H groups in total. The smallest absolute Gasteiger partial charge is 0.326 e. The van der Waals surface area contributed by atoms with Crippen molar-refractivity contribution in [2.24, 2.45) is 11.3 Å². The summed E-state index contributed by atoms with van der Waals surface area (Å²) in [5.41, 5.74) is -1.21. The van der Waals surface area contributed by atoms with Crippen molar-refractivity contribution in [1.82, 2.24) is 15.3 Å². The molecule has 2 rings (SSSR count). The third-order valence-corrected chi connectivity index (χ3v) is 4.60. The Bertz CT molecular complexity index is 842. The molecule has 0 radical (unpaired) electrons. The lowest BCUT2D eigenvalue weighted by Crippen LogP contribution is -2.48. The normalized spacial score (nSPS) is 20.5. The highest BCUT2D eigenvalue weighted by molar-refractivity contribution is 7.66. The van der Waals surface area contributed by atoms with Crippen LogP contribution in [0.1, 0.15) is 6.92 Å². The maximum Gasteiger partial charge on any atom is 0.326 e. The number of aromatic nitrogens is 2. The number of carboxylic acid groups (broad SMARTS) is 1. The number of aliphatic carboxylic acids is 1. The van der Waals surface area contributed by atoms with Gasteiger partial charge in [0.1, 0.15) is 16.2 Å². The van der Waals surface area contributed by atoms with E-state index >= 15 is 0 Å². The van der Waals surface area contributed by atoms with E-state index in [9.17, 15) is 18.9 Å². The first kappa shape index (κ1) is 20.1. The molecule has 0 saturated heterocycles. The molecule has 0 fully saturated rings. The van der Waals surface area contributed by atoms with Crippen LogP contribution >= 0.6 is 0 Å². The van der Waals surface area contributed by atoms with Crippen LogP contribution in [-0.2, 0) is 16.1 Å². The van der Waals surface area contributed by atoms with Gasteiger partial charge in [-0.1, -0.05) is 24.3 Å². The van der Waals surface area contributed by atoms with Crippen molar-refractivity contribution >= 4 is 34.2 Å². The molecular formula is C16H18N4O6S. The summed E-state index contributed by atoms with van der Waals surface area (Å²) in [5.74, 6) is -1.91. The lowest BCUT2D eigenvalue weighted by atomic mass is 9.74. The fourth-order valence-electron chi connectivity index (χ4n) is 2.44. The number of nitrogens with one attached hydrogen (secondary N) is 2. The first-order chi connectivity index (χ1) is 12.8. The van der Waals surface area contributed by atoms with Crippen LogP contribution < -0.4 is 20.1 Å². The first-order valence-corrected chi connectivity index (χ1v) is 8.39. The van der Waals surface area contributed by atoms with Gasteiger partial charge in [0.25, 0.3) is 0 Å². The molecule has 2 unspecified atom stereocenters. The van der Waals surface area contributed by atoms with Gasteiger partial charge in [-0.25, -0.2) is 9.00 Å². The molecule has 2 amide bonds. The molecule has 10 nitrogen and oxygen atoms in total. The summed E-state index contributed by atoms with van der Waals surface area (Å²) in [6.07, 6.45) is 6.20. The van der Waals surface area contributed by atoms with E-state index in [1.54, 1.807) is 25.2 Å². The summed E-state index contributed by atoms with van der Waals surface area (Å²) in [6.45, 7) is 1.55. The molecule has 1 aliphatic carbocycles. The van der Waals surface area contributed by atoms with E-state index in [-0.39, 0.29) is 34.0 Å². The van der Waals surface area contributed by atoms with Crippen LogP contribution in [0.2, 0.25) is 0 Å². The quantitative estimate of drug-likeness (QED) is 0.623. The van der Waals surface area contributed by atoms with E-state index in [1.165, 1.54) is 26.4 Å². The number of anilines is 1. The average Bonchev–Trinajstić information content (AvgIpc) is 2.65. The van der Waals surface area contributed by atoms with Crippen molar-refractivity contribution in [2.75, 3.05) is 19.5 Å². The van der Waals surface area contributed by atoms with Crippen LogP contribution in [0.4, 0.5) is 10.7 Å². The van der Waals surface area contributed by atoms with Gasteiger partial charge in [0.15, 0.2) is 0 Å². The number of methoxy groups -OCH3 is 2. The number of allylic oxidation sites excluding steroid dienone is 2. The van der Waals surface area contributed by atoms with Gasteiger partial charge in [-0.05, 0) is 6.92 Å². The van der Waals surface area contributed by atoms with Gasteiger partial charge in [0.2, 0.25) is 17.7 Å². The number of urea groups is 1. The molecular weight excluding hydrogens is 376 g/mol. The zero-order chi connectivity index (χ0) is 20.0. The minimum Gasteiger partial charge on any atom is -0.481 e. The predicted molar refractivity (Wildman–Crippen MR) is 98.0 cm³/mol. The number of amides is 2. The molecule has 1 heterocycles. The van der Waals surface area contributed by atoms with Crippen LogP contribution in [0.25, 0.3) is 0 Å². The summed E-state index contributed by atoms with van der Waals surface area (Å²) < 4.78 is 21.6. The SMILES string of the molecule is COc1cc(OC)nc(NC(=O)NC(=S=O)C2(C)C=CC=CC2C(=O)O)n1. The summed E-state index contributed by atoms with van der Waals surface area (Å²) in [6, 6.07) is 0.614. The van der Waals surface area contributed by atoms with Gasteiger partial charge < -0.3 is 14.6 Å². The third kappa shape index (κ3) is 4.50. The largest absolute Gasteiger partial charge is 0.481 e. The van der Waals surface area contributed by atoms with E-state index in [2.05, 4.69) is 20.6 Å². The van der Waals surface area contributed by atoms with Crippen LogP contribution in [-0.4, -0.2) is 50.5 Å². The van der Waals surface area contributed by atoms with Crippen LogP contribution in [0, 0.1) is 11.3 Å². The highest BCUT2D eigenvalue weighted by Gasteiger charge is 2.42. The average molecular weight is 394 g/mol. The lowest BCUT2D eigenvalue weighted by Gasteiger charge is -2.32. The monoisotopic (exact) mass is 394 g/mol. The number of nitrogens with zero attached hydrogens (tertiary/aromatic N) is 2. The Balaban J connectivity index is 2.21. The second kappa shape index (κ2) is 8.45. The highest BCUT2D eigenvalue weighted by Crippen LogP contribution is 2.34. The predicted octanol–water partition coefficient (Wildman–Crippen LogP) is 0.791. The molecule has 1 aromatic rings. The second-order valence-corrected chi connectivity index (χ2v) is 6.19. The van der Waals surface area contributed by atoms with Crippen LogP contribution in [0.3, 0.4) is 0 Å². The highest BCUT2D eigenvalue weighted by atomic mass is 32.1. The summed E-state index contributed by atoms with van der Waals surface area (Å²) in [5, 5.41) is 14.2. The van der Waals surface area contributed by atoms with Crippen molar-refractivity contribution in [2.45, 2.75) is 6.92 Å². The van der Waals surface area contributed by atoms with Gasteiger partial charge in [0.05, 0.1) is 31.6 Å². The molecule has 0 aromatic carbocycles. The number of carbonyl (C=O) groups is 2. The topological polar surface area (TPSA) is 140 Å². The Morgan fingerprint density at radius 3 is 2.37 bits per heavy atom. The van der Waals surface area contributed by atoms with E-state index in [0.29, 0.717) is 0 Å². The van der Waals surface area contributed by atoms with Crippen molar-refractivity contribution in [3.8, 4) is 11.8 Å². The van der Waals surface area contributed by atoms with Crippen molar-refractivity contribution in [3.63, 3.8) is 0 Å². The van der Waals surface area contributed by atoms with Gasteiger partial charge in [-0.3, -0.25) is 15.4 Å². The molecule has 1 aliphatic rings. The second-order valence-electron chi connectivity index (χ2n) is 5.61. The Morgan fingerprint density at radius 2 is 1.85 bits per heavy atom. The fourth-order valence-corrected chi connectivity index (χ4v) is 2.95. The number of hydrogen-bond acceptors (Lipinski definition) is 7. The van der Waals surface area contributed by atoms with Crippen LogP contribution in [0.15, 0.2) is 30.4 Å². The molecule has 0 aliphatic heterocycles. The Hall–Kier alpha value is -3.21. The number of ether oxygens (including phenoxy) is 2. The van der Waals surface area contributed by atoms with Crippen molar-refractivity contribution in [1.29, 1.82) is 0 Å². The molecule has 0 spiro atoms. The maximum absolute atomic E-state index is 12.3. The molecule has 1 aromatic heterocycles. The minimum absolute atomic E-state index is 0.00669. The maximum atomic E-state index is 12.3. The summed E-state index contributed by atoms with van der Waals surface area (Å²) >= 11 is 0.00669. The van der Waals surface area contributed by atoms with Gasteiger partial charge in [-0.15, -0.1) is 0 Å². The number of hydrogen-bond donors (Lipinski definition) is 3. The zero-order valence-electron chi connectivity index (χ0n) is 14.8. The van der Waals surface area contributed by atoms with E-state index in [4.69, 9.17) is 9.47 Å². The molecule has 27 heavy (non-hydrogen) atoms. The van der Waals surface area contributed by atoms with E-state index in [0.717, 1.165) is 0 Å². The minimum atomic E-state index is -1.21. The first-order valence-electron chi connectivity index (χ1n) is 7.65. The number of carboxylic acids is 1.